The van der Waals surface area contributed by atoms with Gasteiger partial charge in [0.1, 0.15) is 6.61 Å². The first-order valence-electron chi connectivity index (χ1n) is 9.23. The highest BCUT2D eigenvalue weighted by Crippen LogP contribution is 2.16. The molecule has 1 saturated heterocycles. The van der Waals surface area contributed by atoms with E-state index in [2.05, 4.69) is 18.7 Å². The number of rotatable bonds is 10. The second-order valence-electron chi connectivity index (χ2n) is 6.47. The number of carbonyl (C=O) groups is 2. The van der Waals surface area contributed by atoms with E-state index in [1.165, 1.54) is 19.3 Å². The normalized spacial score (nSPS) is 17.1. The van der Waals surface area contributed by atoms with Crippen LogP contribution in [0.2, 0.25) is 0 Å². The molecule has 1 fully saturated rings. The topological polar surface area (TPSA) is 49.9 Å². The van der Waals surface area contributed by atoms with E-state index in [1.54, 1.807) is 6.92 Å². The van der Waals surface area contributed by atoms with Gasteiger partial charge in [0.15, 0.2) is 0 Å². The van der Waals surface area contributed by atoms with E-state index in [4.69, 9.17) is 4.74 Å². The maximum Gasteiger partial charge on any atom is 0.308 e. The molecule has 0 N–H and O–H groups in total. The number of amides is 1. The third-order valence-corrected chi connectivity index (χ3v) is 4.70. The second kappa shape index (κ2) is 11.4. The largest absolute Gasteiger partial charge is 0.464 e. The third-order valence-electron chi connectivity index (χ3n) is 4.70. The van der Waals surface area contributed by atoms with Crippen LogP contribution in [0.25, 0.3) is 0 Å². The number of carbonyl (C=O) groups excluding carboxylic acids is 2. The fraction of sp³-hybridized carbons (Fsp3) is 0.889. The number of piperazine rings is 1. The summed E-state index contributed by atoms with van der Waals surface area (Å²) >= 11 is 0. The fourth-order valence-electron chi connectivity index (χ4n) is 2.99. The fourth-order valence-corrected chi connectivity index (χ4v) is 2.99. The van der Waals surface area contributed by atoms with Crippen molar-refractivity contribution >= 4 is 11.9 Å². The molecule has 5 nitrogen and oxygen atoms in total. The van der Waals surface area contributed by atoms with E-state index >= 15 is 0 Å². The van der Waals surface area contributed by atoms with Gasteiger partial charge in [0.2, 0.25) is 5.91 Å². The molecule has 1 amide bonds. The number of nitrogens with zero attached hydrogens (tertiary/aromatic N) is 2. The van der Waals surface area contributed by atoms with Gasteiger partial charge in [0, 0.05) is 39.6 Å². The van der Waals surface area contributed by atoms with Gasteiger partial charge in [-0.25, -0.2) is 0 Å². The Labute approximate surface area is 141 Å². The molecule has 1 unspecified atom stereocenters. The highest BCUT2D eigenvalue weighted by molar-refractivity contribution is 5.73. The van der Waals surface area contributed by atoms with Gasteiger partial charge in [0.05, 0.1) is 5.92 Å². The number of esters is 1. The number of unbranched alkanes of at least 4 members (excludes halogenated alkanes) is 3. The van der Waals surface area contributed by atoms with Gasteiger partial charge in [-0.1, -0.05) is 39.5 Å². The lowest BCUT2D eigenvalue weighted by atomic mass is 9.98. The van der Waals surface area contributed by atoms with Crippen LogP contribution in [0, 0.1) is 5.92 Å². The molecule has 134 valence electrons. The van der Waals surface area contributed by atoms with Gasteiger partial charge in [-0.2, -0.15) is 0 Å². The van der Waals surface area contributed by atoms with Crippen LogP contribution in [0.5, 0.6) is 0 Å². The molecule has 1 aliphatic rings. The van der Waals surface area contributed by atoms with Crippen molar-refractivity contribution in [3.63, 3.8) is 0 Å². The molecule has 0 bridgehead atoms. The van der Waals surface area contributed by atoms with Crippen LogP contribution in [0.15, 0.2) is 0 Å². The Hall–Kier alpha value is -1.10. The first-order chi connectivity index (χ1) is 11.1. The quantitative estimate of drug-likeness (QED) is 0.457. The van der Waals surface area contributed by atoms with Crippen molar-refractivity contribution in [2.24, 2.45) is 5.92 Å². The number of hydrogen-bond donors (Lipinski definition) is 0. The standard InChI is InChI=1S/C18H34N2O3/c1-4-6-7-8-9-17(5-2)18(22)23-15-14-19-10-12-20(13-11-19)16(3)21/h17H,4-15H2,1-3H3. The highest BCUT2D eigenvalue weighted by Gasteiger charge is 2.20. The molecule has 0 aromatic heterocycles. The molecule has 5 heteroatoms. The molecule has 23 heavy (non-hydrogen) atoms. The highest BCUT2D eigenvalue weighted by atomic mass is 16.5. The second-order valence-corrected chi connectivity index (χ2v) is 6.47. The van der Waals surface area contributed by atoms with Crippen molar-refractivity contribution in [2.45, 2.75) is 59.3 Å². The Morgan fingerprint density at radius 1 is 1.04 bits per heavy atom. The average molecular weight is 326 g/mol. The zero-order chi connectivity index (χ0) is 17.1. The molecule has 1 heterocycles. The van der Waals surface area contributed by atoms with Crippen LogP contribution < -0.4 is 0 Å². The van der Waals surface area contributed by atoms with Crippen molar-refractivity contribution in [2.75, 3.05) is 39.3 Å². The van der Waals surface area contributed by atoms with Crippen LogP contribution in [-0.2, 0) is 14.3 Å². The first-order valence-corrected chi connectivity index (χ1v) is 9.23. The Bertz CT molecular complexity index is 352. The zero-order valence-electron chi connectivity index (χ0n) is 15.2. The third kappa shape index (κ3) is 7.82. The van der Waals surface area contributed by atoms with Crippen LogP contribution in [0.1, 0.15) is 59.3 Å². The van der Waals surface area contributed by atoms with E-state index in [1.807, 2.05) is 4.90 Å². The predicted octanol–water partition coefficient (Wildman–Crippen LogP) is 2.69. The number of ether oxygens (including phenoxy) is 1. The van der Waals surface area contributed by atoms with Crippen molar-refractivity contribution in [3.8, 4) is 0 Å². The molecule has 0 radical (unpaired) electrons. The SMILES string of the molecule is CCCCCCC(CC)C(=O)OCCN1CCN(C(C)=O)CC1. The van der Waals surface area contributed by atoms with E-state index in [9.17, 15) is 9.59 Å². The summed E-state index contributed by atoms with van der Waals surface area (Å²) in [5.41, 5.74) is 0. The minimum atomic E-state index is -0.0358. The maximum atomic E-state index is 12.1. The Balaban J connectivity index is 2.16. The van der Waals surface area contributed by atoms with E-state index < -0.39 is 0 Å². The van der Waals surface area contributed by atoms with Crippen molar-refractivity contribution in [3.05, 3.63) is 0 Å². The van der Waals surface area contributed by atoms with E-state index in [0.717, 1.165) is 52.0 Å². The van der Waals surface area contributed by atoms with Gasteiger partial charge in [-0.15, -0.1) is 0 Å². The summed E-state index contributed by atoms with van der Waals surface area (Å²) < 4.78 is 5.47. The smallest absolute Gasteiger partial charge is 0.308 e. The summed E-state index contributed by atoms with van der Waals surface area (Å²) in [5.74, 6) is 0.165. The van der Waals surface area contributed by atoms with Gasteiger partial charge in [0.25, 0.3) is 0 Å². The monoisotopic (exact) mass is 326 g/mol. The lowest BCUT2D eigenvalue weighted by molar-refractivity contribution is -0.149. The minimum absolute atomic E-state index is 0.0358. The maximum absolute atomic E-state index is 12.1. The van der Waals surface area contributed by atoms with Crippen molar-refractivity contribution in [1.29, 1.82) is 0 Å². The predicted molar refractivity (Wildman–Crippen MR) is 92.2 cm³/mol. The lowest BCUT2D eigenvalue weighted by Crippen LogP contribution is -2.48. The summed E-state index contributed by atoms with van der Waals surface area (Å²) in [6, 6.07) is 0. The van der Waals surface area contributed by atoms with Crippen molar-refractivity contribution < 1.29 is 14.3 Å². The molecular formula is C18H34N2O3. The average Bonchev–Trinajstić information content (AvgIpc) is 2.55. The molecule has 1 aliphatic heterocycles. The zero-order valence-corrected chi connectivity index (χ0v) is 15.2. The van der Waals surface area contributed by atoms with Crippen LogP contribution in [0.4, 0.5) is 0 Å². The molecule has 1 rings (SSSR count). The molecule has 0 saturated carbocycles. The van der Waals surface area contributed by atoms with Crippen LogP contribution >= 0.6 is 0 Å². The molecular weight excluding hydrogens is 292 g/mol. The lowest BCUT2D eigenvalue weighted by Gasteiger charge is -2.34. The summed E-state index contributed by atoms with van der Waals surface area (Å²) in [6.45, 7) is 10.4. The summed E-state index contributed by atoms with van der Waals surface area (Å²) in [7, 11) is 0. The Morgan fingerprint density at radius 2 is 1.74 bits per heavy atom. The van der Waals surface area contributed by atoms with Gasteiger partial charge >= 0.3 is 5.97 Å². The molecule has 0 aliphatic carbocycles. The van der Waals surface area contributed by atoms with Gasteiger partial charge < -0.3 is 9.64 Å². The molecule has 1 atom stereocenters. The first kappa shape index (κ1) is 19.9. The minimum Gasteiger partial charge on any atom is -0.464 e. The summed E-state index contributed by atoms with van der Waals surface area (Å²) in [4.78, 5) is 27.5. The van der Waals surface area contributed by atoms with Crippen LogP contribution in [0.3, 0.4) is 0 Å². The molecule has 0 aromatic carbocycles. The Morgan fingerprint density at radius 3 is 2.30 bits per heavy atom. The van der Waals surface area contributed by atoms with Gasteiger partial charge in [-0.05, 0) is 12.8 Å². The molecule has 0 spiro atoms. The van der Waals surface area contributed by atoms with Crippen LogP contribution in [-0.4, -0.2) is 61.0 Å². The van der Waals surface area contributed by atoms with E-state index in [0.29, 0.717) is 6.61 Å². The van der Waals surface area contributed by atoms with E-state index in [-0.39, 0.29) is 17.8 Å². The Kier molecular flexibility index (Phi) is 9.92. The van der Waals surface area contributed by atoms with Crippen molar-refractivity contribution in [1.82, 2.24) is 9.80 Å². The summed E-state index contributed by atoms with van der Waals surface area (Å²) in [5, 5.41) is 0. The van der Waals surface area contributed by atoms with Gasteiger partial charge in [-0.3, -0.25) is 14.5 Å². The molecule has 0 aromatic rings. The summed E-state index contributed by atoms with van der Waals surface area (Å²) in [6.07, 6.45) is 6.61. The number of hydrogen-bond acceptors (Lipinski definition) is 4.